The van der Waals surface area contributed by atoms with Gasteiger partial charge in [0.1, 0.15) is 11.2 Å². The fourth-order valence-corrected chi connectivity index (χ4v) is 7.65. The van der Waals surface area contributed by atoms with E-state index in [4.69, 9.17) is 9.90 Å². The van der Waals surface area contributed by atoms with Crippen LogP contribution in [0.4, 0.5) is 0 Å². The molecule has 1 aliphatic rings. The van der Waals surface area contributed by atoms with Crippen molar-refractivity contribution in [3.63, 3.8) is 0 Å². The molecule has 47 heavy (non-hydrogen) atoms. The van der Waals surface area contributed by atoms with Crippen molar-refractivity contribution in [2.24, 2.45) is 0 Å². The Kier molecular flexibility index (Phi) is 4.49. The molecule has 0 saturated heterocycles. The summed E-state index contributed by atoms with van der Waals surface area (Å²) in [6, 6.07) is 18.3. The van der Waals surface area contributed by atoms with Crippen molar-refractivity contribution in [2.45, 2.75) is 51.4 Å². The maximum Gasteiger partial charge on any atom is 0.135 e. The SMILES string of the molecule is [2H]c1c([2H])c([2H])c2c(-c3cc4c(cc3-c3cccnc3)C(C)(C)CCC4(C)C)c3c([2H])c([2H])c([2H])c([2H])c3c(-c3ccc4oc5ccccc5c4c3)c2c1[2H]. The van der Waals surface area contributed by atoms with Crippen LogP contribution in [-0.2, 0) is 10.8 Å². The quantitative estimate of drug-likeness (QED) is 0.185. The highest BCUT2D eigenvalue weighted by Gasteiger charge is 2.38. The molecule has 0 aliphatic heterocycles. The van der Waals surface area contributed by atoms with E-state index in [1.807, 2.05) is 42.5 Å². The van der Waals surface area contributed by atoms with Gasteiger partial charge in [-0.15, -0.1) is 0 Å². The smallest absolute Gasteiger partial charge is 0.135 e. The van der Waals surface area contributed by atoms with E-state index in [-0.39, 0.29) is 56.5 Å². The van der Waals surface area contributed by atoms with Crippen molar-refractivity contribution in [1.82, 2.24) is 4.98 Å². The van der Waals surface area contributed by atoms with Crippen molar-refractivity contribution in [3.8, 4) is 33.4 Å². The molecule has 1 aliphatic carbocycles. The highest BCUT2D eigenvalue weighted by Crippen LogP contribution is 2.52. The second-order valence-corrected chi connectivity index (χ2v) is 14.0. The number of furan rings is 1. The number of hydrogen-bond acceptors (Lipinski definition) is 2. The molecule has 9 rings (SSSR count). The number of para-hydroxylation sites is 1. The number of fused-ring (bicyclic) bond motifs is 6. The largest absolute Gasteiger partial charge is 0.456 e. The molecule has 2 nitrogen and oxygen atoms in total. The average molecular weight is 616 g/mol. The highest BCUT2D eigenvalue weighted by molar-refractivity contribution is 6.23. The standard InChI is InChI=1S/C45H37NO/c1-44(2)21-22-45(3,4)39-26-37(35(25-38(39)44)29-12-11-23-46-27-29)43-33-16-7-5-14-31(33)42(32-15-6-8-17-34(32)43)28-19-20-41-36(24-28)30-13-9-10-18-40(30)47-41/h5-20,23-27H,21-22H2,1-4H3/i5D,6D,7D,8D,14D,15D,16D,17D. The van der Waals surface area contributed by atoms with Gasteiger partial charge < -0.3 is 4.42 Å². The molecular weight excluding hydrogens is 571 g/mol. The molecule has 0 amide bonds. The molecular formula is C45H37NO. The van der Waals surface area contributed by atoms with Crippen molar-refractivity contribution >= 4 is 43.5 Å². The minimum absolute atomic E-state index is 0.170. The Labute approximate surface area is 286 Å². The van der Waals surface area contributed by atoms with Gasteiger partial charge >= 0.3 is 0 Å². The Morgan fingerprint density at radius 1 is 0.574 bits per heavy atom. The van der Waals surface area contributed by atoms with Crippen LogP contribution in [0.5, 0.6) is 0 Å². The Morgan fingerprint density at radius 3 is 1.81 bits per heavy atom. The predicted molar refractivity (Wildman–Crippen MR) is 198 cm³/mol. The van der Waals surface area contributed by atoms with Crippen LogP contribution in [-0.4, -0.2) is 4.98 Å². The Hall–Kier alpha value is -5.21. The van der Waals surface area contributed by atoms with Gasteiger partial charge in [0, 0.05) is 28.7 Å². The summed E-state index contributed by atoms with van der Waals surface area (Å²) in [5, 5.41) is 2.37. The molecule has 0 unspecified atom stereocenters. The number of rotatable bonds is 3. The van der Waals surface area contributed by atoms with Crippen molar-refractivity contribution in [2.75, 3.05) is 0 Å². The molecule has 228 valence electrons. The summed E-state index contributed by atoms with van der Waals surface area (Å²) >= 11 is 0. The Morgan fingerprint density at radius 2 is 1.17 bits per heavy atom. The summed E-state index contributed by atoms with van der Waals surface area (Å²) in [5.41, 5.74) is 6.49. The topological polar surface area (TPSA) is 26.0 Å². The molecule has 0 radical (unpaired) electrons. The van der Waals surface area contributed by atoms with E-state index in [1.165, 1.54) is 5.56 Å². The number of pyridine rings is 1. The van der Waals surface area contributed by atoms with Crippen LogP contribution < -0.4 is 0 Å². The van der Waals surface area contributed by atoms with Gasteiger partial charge in [0.2, 0.25) is 0 Å². The van der Waals surface area contributed by atoms with Gasteiger partial charge in [-0.1, -0.05) is 106 Å². The normalized spacial score (nSPS) is 17.8. The lowest BCUT2D eigenvalue weighted by Gasteiger charge is -2.42. The molecule has 0 N–H and O–H groups in total. The van der Waals surface area contributed by atoms with Gasteiger partial charge in [-0.25, -0.2) is 0 Å². The lowest BCUT2D eigenvalue weighted by Crippen LogP contribution is -2.34. The molecule has 2 heterocycles. The first kappa shape index (κ1) is 20.8. The first-order valence-electron chi connectivity index (χ1n) is 20.1. The summed E-state index contributed by atoms with van der Waals surface area (Å²) in [4.78, 5) is 4.46. The third kappa shape index (κ3) is 4.28. The van der Waals surface area contributed by atoms with Crippen LogP contribution in [0.3, 0.4) is 0 Å². The lowest BCUT2D eigenvalue weighted by atomic mass is 9.62. The molecule has 6 aromatic carbocycles. The molecule has 0 saturated carbocycles. The van der Waals surface area contributed by atoms with Gasteiger partial charge in [0.15, 0.2) is 0 Å². The van der Waals surface area contributed by atoms with E-state index in [1.54, 1.807) is 24.5 Å². The molecule has 0 spiro atoms. The Balaban J connectivity index is 1.57. The summed E-state index contributed by atoms with van der Waals surface area (Å²) < 4.78 is 80.1. The van der Waals surface area contributed by atoms with Crippen LogP contribution in [0, 0.1) is 0 Å². The van der Waals surface area contributed by atoms with E-state index >= 15 is 0 Å². The van der Waals surface area contributed by atoms with Crippen LogP contribution >= 0.6 is 0 Å². The Bertz CT molecular complexity index is 2890. The fraction of sp³-hybridized carbons (Fsp3) is 0.178. The zero-order valence-electron chi connectivity index (χ0n) is 34.8. The average Bonchev–Trinajstić information content (AvgIpc) is 3.56. The van der Waals surface area contributed by atoms with E-state index < -0.39 is 24.2 Å². The molecule has 0 fully saturated rings. The van der Waals surface area contributed by atoms with Crippen molar-refractivity contribution < 1.29 is 15.4 Å². The molecule has 8 aromatic rings. The van der Waals surface area contributed by atoms with Crippen LogP contribution in [0.25, 0.3) is 76.9 Å². The first-order valence-corrected chi connectivity index (χ1v) is 16.1. The highest BCUT2D eigenvalue weighted by atomic mass is 16.3. The number of hydrogen-bond donors (Lipinski definition) is 0. The maximum atomic E-state index is 9.58. The fourth-order valence-electron chi connectivity index (χ4n) is 7.65. The minimum atomic E-state index is -0.430. The summed E-state index contributed by atoms with van der Waals surface area (Å²) in [6.07, 6.45) is 5.35. The van der Waals surface area contributed by atoms with E-state index in [9.17, 15) is 5.48 Å². The van der Waals surface area contributed by atoms with Gasteiger partial charge in [0.05, 0.1) is 11.0 Å². The molecule has 2 heteroatoms. The molecule has 0 atom stereocenters. The summed E-state index contributed by atoms with van der Waals surface area (Å²) in [7, 11) is 0. The van der Waals surface area contributed by atoms with Crippen molar-refractivity contribution in [1.29, 1.82) is 0 Å². The van der Waals surface area contributed by atoms with Crippen molar-refractivity contribution in [3.05, 3.63) is 139 Å². The minimum Gasteiger partial charge on any atom is -0.456 e. The summed E-state index contributed by atoms with van der Waals surface area (Å²) in [6.45, 7) is 8.89. The molecule has 0 bridgehead atoms. The second kappa shape index (κ2) is 10.1. The monoisotopic (exact) mass is 615 g/mol. The van der Waals surface area contributed by atoms with E-state index in [0.29, 0.717) is 33.4 Å². The lowest BCUT2D eigenvalue weighted by molar-refractivity contribution is 0.332. The number of aromatic nitrogens is 1. The first-order chi connectivity index (χ1) is 26.1. The second-order valence-electron chi connectivity index (χ2n) is 14.0. The zero-order chi connectivity index (χ0) is 38.9. The number of benzene rings is 6. The van der Waals surface area contributed by atoms with Crippen LogP contribution in [0.1, 0.15) is 62.6 Å². The van der Waals surface area contributed by atoms with Gasteiger partial charge in [0.25, 0.3) is 0 Å². The predicted octanol–water partition coefficient (Wildman–Crippen LogP) is 12.6. The van der Waals surface area contributed by atoms with Gasteiger partial charge in [-0.2, -0.15) is 0 Å². The third-order valence-corrected chi connectivity index (χ3v) is 10.3. The van der Waals surface area contributed by atoms with Crippen LogP contribution in [0.2, 0.25) is 0 Å². The van der Waals surface area contributed by atoms with Gasteiger partial charge in [-0.05, 0) is 121 Å². The zero-order valence-corrected chi connectivity index (χ0v) is 26.8. The van der Waals surface area contributed by atoms with E-state index in [2.05, 4.69) is 44.8 Å². The maximum absolute atomic E-state index is 9.58. The number of nitrogens with zero attached hydrogens (tertiary/aromatic N) is 1. The molecule has 2 aromatic heterocycles. The van der Waals surface area contributed by atoms with Crippen LogP contribution in [0.15, 0.2) is 132 Å². The third-order valence-electron chi connectivity index (χ3n) is 10.3. The summed E-state index contributed by atoms with van der Waals surface area (Å²) in [5.74, 6) is 0. The van der Waals surface area contributed by atoms with Gasteiger partial charge in [-0.3, -0.25) is 4.98 Å². The van der Waals surface area contributed by atoms with E-state index in [0.717, 1.165) is 40.3 Å².